The molecule has 18 heavy (non-hydrogen) atoms. The van der Waals surface area contributed by atoms with Gasteiger partial charge < -0.3 is 16.0 Å². The average Bonchev–Trinajstić information content (AvgIpc) is 2.32. The zero-order valence-corrected chi connectivity index (χ0v) is 12.2. The first-order valence-electron chi connectivity index (χ1n) is 5.42. The molecule has 0 aromatic carbocycles. The number of hydrogen-bond donors (Lipinski definition) is 2. The first kappa shape index (κ1) is 19.3. The first-order chi connectivity index (χ1) is 7.71. The molecule has 7 heteroatoms. The van der Waals surface area contributed by atoms with Crippen molar-refractivity contribution >= 4 is 42.2 Å². The Morgan fingerprint density at radius 3 is 2.33 bits per heavy atom. The van der Waals surface area contributed by atoms with Crippen LogP contribution in [-0.4, -0.2) is 30.5 Å². The zero-order valence-electron chi connectivity index (χ0n) is 10.5. The molecule has 0 aliphatic rings. The van der Waals surface area contributed by atoms with Gasteiger partial charge in [-0.1, -0.05) is 0 Å². The molecule has 1 aromatic rings. The number of nitrogens with zero attached hydrogens (tertiary/aromatic N) is 2. The van der Waals surface area contributed by atoms with E-state index in [1.807, 2.05) is 12.1 Å². The van der Waals surface area contributed by atoms with Crippen LogP contribution in [0.25, 0.3) is 0 Å². The number of carbonyl (C=O) groups excluding carboxylic acids is 1. The van der Waals surface area contributed by atoms with E-state index in [0.717, 1.165) is 18.9 Å². The van der Waals surface area contributed by atoms with E-state index in [-0.39, 0.29) is 37.3 Å². The molecule has 0 saturated heterocycles. The van der Waals surface area contributed by atoms with Gasteiger partial charge >= 0.3 is 0 Å². The Balaban J connectivity index is 0. The van der Waals surface area contributed by atoms with Gasteiger partial charge in [-0.25, -0.2) is 4.98 Å². The van der Waals surface area contributed by atoms with Crippen molar-refractivity contribution in [3.05, 3.63) is 18.3 Å². The predicted octanol–water partition coefficient (Wildman–Crippen LogP) is 1.67. The van der Waals surface area contributed by atoms with Crippen molar-refractivity contribution in [2.75, 3.05) is 29.9 Å². The predicted molar refractivity (Wildman–Crippen MR) is 80.0 cm³/mol. The number of rotatable bonds is 5. The van der Waals surface area contributed by atoms with Gasteiger partial charge in [-0.15, -0.1) is 24.8 Å². The third kappa shape index (κ3) is 5.53. The van der Waals surface area contributed by atoms with E-state index in [1.165, 1.54) is 0 Å². The maximum atomic E-state index is 11.0. The standard InChI is InChI=1S/C11H18N4O.2ClH/c1-3-15(4-2)10-6-5-9(8-13-10)14-11(16)7-12;;/h5-6,8H,3-4,7,12H2,1-2H3,(H,14,16);2*1H. The maximum Gasteiger partial charge on any atom is 0.238 e. The summed E-state index contributed by atoms with van der Waals surface area (Å²) in [7, 11) is 0. The molecule has 0 aliphatic heterocycles. The third-order valence-electron chi connectivity index (χ3n) is 2.30. The van der Waals surface area contributed by atoms with Crippen molar-refractivity contribution < 1.29 is 4.79 Å². The Bertz CT molecular complexity index is 341. The highest BCUT2D eigenvalue weighted by Crippen LogP contribution is 2.13. The Labute approximate surface area is 120 Å². The van der Waals surface area contributed by atoms with Crippen LogP contribution in [0.2, 0.25) is 0 Å². The van der Waals surface area contributed by atoms with Crippen LogP contribution in [0.4, 0.5) is 11.5 Å². The van der Waals surface area contributed by atoms with E-state index in [9.17, 15) is 4.79 Å². The number of pyridine rings is 1. The SMILES string of the molecule is CCN(CC)c1ccc(NC(=O)CN)cn1.Cl.Cl. The fourth-order valence-corrected chi connectivity index (χ4v) is 1.41. The van der Waals surface area contributed by atoms with Crippen LogP contribution in [0, 0.1) is 0 Å². The Morgan fingerprint density at radius 2 is 1.94 bits per heavy atom. The fourth-order valence-electron chi connectivity index (χ4n) is 1.41. The van der Waals surface area contributed by atoms with Gasteiger partial charge in [0.2, 0.25) is 5.91 Å². The van der Waals surface area contributed by atoms with Crippen LogP contribution >= 0.6 is 24.8 Å². The van der Waals surface area contributed by atoms with Crippen molar-refractivity contribution in [3.63, 3.8) is 0 Å². The number of hydrogen-bond acceptors (Lipinski definition) is 4. The molecule has 0 fully saturated rings. The van der Waals surface area contributed by atoms with Crippen LogP contribution < -0.4 is 16.0 Å². The van der Waals surface area contributed by atoms with Crippen molar-refractivity contribution in [2.24, 2.45) is 5.73 Å². The molecule has 104 valence electrons. The van der Waals surface area contributed by atoms with Crippen LogP contribution in [-0.2, 0) is 4.79 Å². The first-order valence-corrected chi connectivity index (χ1v) is 5.42. The molecule has 0 radical (unpaired) electrons. The minimum atomic E-state index is -0.211. The maximum absolute atomic E-state index is 11.0. The lowest BCUT2D eigenvalue weighted by Crippen LogP contribution is -2.24. The number of amides is 1. The van der Waals surface area contributed by atoms with Crippen LogP contribution in [0.15, 0.2) is 18.3 Å². The molecule has 0 unspecified atom stereocenters. The normalized spacial score (nSPS) is 8.83. The van der Waals surface area contributed by atoms with Gasteiger partial charge in [0.05, 0.1) is 18.4 Å². The second-order valence-corrected chi connectivity index (χ2v) is 3.33. The summed E-state index contributed by atoms with van der Waals surface area (Å²) in [5.74, 6) is 0.702. The third-order valence-corrected chi connectivity index (χ3v) is 2.30. The lowest BCUT2D eigenvalue weighted by molar-refractivity contribution is -0.114. The Morgan fingerprint density at radius 1 is 1.33 bits per heavy atom. The van der Waals surface area contributed by atoms with Crippen LogP contribution in [0.1, 0.15) is 13.8 Å². The molecule has 1 heterocycles. The minimum Gasteiger partial charge on any atom is -0.357 e. The van der Waals surface area contributed by atoms with Crippen molar-refractivity contribution in [2.45, 2.75) is 13.8 Å². The minimum absolute atomic E-state index is 0. The molecule has 0 saturated carbocycles. The molecule has 3 N–H and O–H groups in total. The van der Waals surface area contributed by atoms with Gasteiger partial charge in [-0.3, -0.25) is 4.79 Å². The van der Waals surface area contributed by atoms with Gasteiger partial charge in [0, 0.05) is 13.1 Å². The summed E-state index contributed by atoms with van der Waals surface area (Å²) in [6.45, 7) is 5.97. The Kier molecular flexibility index (Phi) is 10.7. The van der Waals surface area contributed by atoms with Gasteiger partial charge in [-0.05, 0) is 26.0 Å². The quantitative estimate of drug-likeness (QED) is 0.867. The lowest BCUT2D eigenvalue weighted by Gasteiger charge is -2.19. The van der Waals surface area contributed by atoms with Crippen LogP contribution in [0.3, 0.4) is 0 Å². The molecule has 1 rings (SSSR count). The molecule has 1 amide bonds. The largest absolute Gasteiger partial charge is 0.357 e. The molecule has 0 bridgehead atoms. The zero-order chi connectivity index (χ0) is 12.0. The van der Waals surface area contributed by atoms with E-state index in [1.54, 1.807) is 6.20 Å². The van der Waals surface area contributed by atoms with Crippen LogP contribution in [0.5, 0.6) is 0 Å². The number of nitrogens with one attached hydrogen (secondary N) is 1. The van der Waals surface area contributed by atoms with Gasteiger partial charge in [0.15, 0.2) is 0 Å². The highest BCUT2D eigenvalue weighted by atomic mass is 35.5. The van der Waals surface area contributed by atoms with Gasteiger partial charge in [0.1, 0.15) is 5.82 Å². The molecule has 0 aliphatic carbocycles. The second-order valence-electron chi connectivity index (χ2n) is 3.33. The van der Waals surface area contributed by atoms with Crippen molar-refractivity contribution in [1.29, 1.82) is 0 Å². The van der Waals surface area contributed by atoms with E-state index in [2.05, 4.69) is 29.0 Å². The van der Waals surface area contributed by atoms with E-state index >= 15 is 0 Å². The average molecular weight is 295 g/mol. The molecule has 5 nitrogen and oxygen atoms in total. The van der Waals surface area contributed by atoms with E-state index in [0.29, 0.717) is 5.69 Å². The summed E-state index contributed by atoms with van der Waals surface area (Å²) in [5, 5.41) is 2.65. The van der Waals surface area contributed by atoms with Gasteiger partial charge in [0.25, 0.3) is 0 Å². The number of nitrogens with two attached hydrogens (primary N) is 1. The number of anilines is 2. The highest BCUT2D eigenvalue weighted by molar-refractivity contribution is 5.91. The monoisotopic (exact) mass is 294 g/mol. The second kappa shape index (κ2) is 9.94. The topological polar surface area (TPSA) is 71.2 Å². The lowest BCUT2D eigenvalue weighted by atomic mass is 10.3. The van der Waals surface area contributed by atoms with Crippen molar-refractivity contribution in [1.82, 2.24) is 4.98 Å². The smallest absolute Gasteiger partial charge is 0.238 e. The summed E-state index contributed by atoms with van der Waals surface area (Å²) < 4.78 is 0. The molecule has 1 aromatic heterocycles. The molecular weight excluding hydrogens is 275 g/mol. The molecule has 0 atom stereocenters. The number of aromatic nitrogens is 1. The number of carbonyl (C=O) groups is 1. The Hall–Kier alpha value is -1.04. The fraction of sp³-hybridized carbons (Fsp3) is 0.455. The number of halogens is 2. The van der Waals surface area contributed by atoms with E-state index in [4.69, 9.17) is 5.73 Å². The summed E-state index contributed by atoms with van der Waals surface area (Å²) in [6, 6.07) is 3.72. The summed E-state index contributed by atoms with van der Waals surface area (Å²) in [4.78, 5) is 17.4. The van der Waals surface area contributed by atoms with Crippen molar-refractivity contribution in [3.8, 4) is 0 Å². The molecule has 0 spiro atoms. The summed E-state index contributed by atoms with van der Waals surface area (Å²) in [6.07, 6.45) is 1.64. The van der Waals surface area contributed by atoms with E-state index < -0.39 is 0 Å². The highest BCUT2D eigenvalue weighted by Gasteiger charge is 2.04. The summed E-state index contributed by atoms with van der Waals surface area (Å²) in [5.41, 5.74) is 5.87. The van der Waals surface area contributed by atoms with Gasteiger partial charge in [-0.2, -0.15) is 0 Å². The summed E-state index contributed by atoms with van der Waals surface area (Å²) >= 11 is 0. The molecular formula is C11H20Cl2N4O.